The molecule has 0 saturated carbocycles. The van der Waals surface area contributed by atoms with Crippen molar-refractivity contribution in [1.29, 1.82) is 0 Å². The van der Waals surface area contributed by atoms with Gasteiger partial charge in [-0.3, -0.25) is 4.79 Å². The zero-order valence-electron chi connectivity index (χ0n) is 8.04. The molecule has 0 aliphatic rings. The molecule has 0 fully saturated rings. The summed E-state index contributed by atoms with van der Waals surface area (Å²) >= 11 is 0. The van der Waals surface area contributed by atoms with Crippen LogP contribution in [0.2, 0.25) is 0 Å². The van der Waals surface area contributed by atoms with Gasteiger partial charge in [-0.05, 0) is 17.7 Å². The molecule has 1 rings (SSSR count). The number of methoxy groups -OCH3 is 1. The standard InChI is InChI=1S/C9H9N3O3/c1-15-6-2-3-7(8(13)4-6)9(14)5-11-12-10/h2-4,13H,5H2,1H3. The molecule has 0 unspecified atom stereocenters. The van der Waals surface area contributed by atoms with E-state index in [-0.39, 0.29) is 17.9 Å². The van der Waals surface area contributed by atoms with Crippen molar-refractivity contribution < 1.29 is 14.6 Å². The molecule has 0 aliphatic carbocycles. The number of benzene rings is 1. The van der Waals surface area contributed by atoms with Crippen molar-refractivity contribution in [2.75, 3.05) is 13.7 Å². The van der Waals surface area contributed by atoms with Gasteiger partial charge in [-0.25, -0.2) is 0 Å². The Morgan fingerprint density at radius 1 is 1.67 bits per heavy atom. The predicted molar refractivity (Wildman–Crippen MR) is 53.0 cm³/mol. The monoisotopic (exact) mass is 207 g/mol. The number of nitrogens with zero attached hydrogens (tertiary/aromatic N) is 3. The lowest BCUT2D eigenvalue weighted by Gasteiger charge is -2.04. The predicted octanol–water partition coefficient (Wildman–Crippen LogP) is 1.89. The third kappa shape index (κ3) is 2.62. The van der Waals surface area contributed by atoms with Crippen LogP contribution in [0.25, 0.3) is 10.4 Å². The van der Waals surface area contributed by atoms with Crippen molar-refractivity contribution >= 4 is 5.78 Å². The summed E-state index contributed by atoms with van der Waals surface area (Å²) in [6.45, 7) is -0.309. The Balaban J connectivity index is 2.95. The van der Waals surface area contributed by atoms with Crippen molar-refractivity contribution in [2.45, 2.75) is 0 Å². The molecule has 0 atom stereocenters. The summed E-state index contributed by atoms with van der Waals surface area (Å²) in [6, 6.07) is 4.29. The summed E-state index contributed by atoms with van der Waals surface area (Å²) in [5, 5.41) is 12.6. The highest BCUT2D eigenvalue weighted by atomic mass is 16.5. The van der Waals surface area contributed by atoms with Gasteiger partial charge in [0.2, 0.25) is 0 Å². The van der Waals surface area contributed by atoms with Crippen LogP contribution in [0, 0.1) is 0 Å². The maximum atomic E-state index is 11.4. The molecule has 0 amide bonds. The van der Waals surface area contributed by atoms with Crippen molar-refractivity contribution in [3.8, 4) is 11.5 Å². The second kappa shape index (κ2) is 4.88. The molecule has 0 aromatic heterocycles. The number of Topliss-reactive ketones (excluding diaryl/α,β-unsaturated/α-hetero) is 1. The van der Waals surface area contributed by atoms with Crippen LogP contribution < -0.4 is 4.74 Å². The molecule has 0 saturated heterocycles. The van der Waals surface area contributed by atoms with Gasteiger partial charge in [0, 0.05) is 11.0 Å². The first-order valence-electron chi connectivity index (χ1n) is 4.10. The van der Waals surface area contributed by atoms with Crippen LogP contribution in [-0.4, -0.2) is 24.5 Å². The van der Waals surface area contributed by atoms with E-state index in [1.165, 1.54) is 19.2 Å². The molecule has 1 N–H and O–H groups in total. The van der Waals surface area contributed by atoms with Crippen LogP contribution in [0.15, 0.2) is 23.3 Å². The van der Waals surface area contributed by atoms with E-state index in [4.69, 9.17) is 10.3 Å². The first-order chi connectivity index (χ1) is 7.19. The normalized spacial score (nSPS) is 9.13. The molecule has 0 radical (unpaired) electrons. The van der Waals surface area contributed by atoms with Gasteiger partial charge < -0.3 is 9.84 Å². The van der Waals surface area contributed by atoms with Crippen LogP contribution in [0.5, 0.6) is 11.5 Å². The van der Waals surface area contributed by atoms with Crippen LogP contribution in [0.1, 0.15) is 10.4 Å². The second-order valence-electron chi connectivity index (χ2n) is 2.70. The second-order valence-corrected chi connectivity index (χ2v) is 2.70. The van der Waals surface area contributed by atoms with Crippen LogP contribution in [-0.2, 0) is 0 Å². The summed E-state index contributed by atoms with van der Waals surface area (Å²) in [5.41, 5.74) is 8.15. The Bertz CT molecular complexity index is 425. The zero-order chi connectivity index (χ0) is 11.3. The number of carbonyl (C=O) groups excluding carboxylic acids is 1. The SMILES string of the molecule is COc1ccc(C(=O)CN=[N+]=[N-])c(O)c1. The number of aromatic hydroxyl groups is 1. The Kier molecular flexibility index (Phi) is 3.54. The molecule has 6 nitrogen and oxygen atoms in total. The fourth-order valence-electron chi connectivity index (χ4n) is 1.06. The number of hydrogen-bond acceptors (Lipinski definition) is 4. The van der Waals surface area contributed by atoms with Gasteiger partial charge in [0.15, 0.2) is 5.78 Å². The number of ether oxygens (including phenoxy) is 1. The first-order valence-corrected chi connectivity index (χ1v) is 4.10. The molecule has 78 valence electrons. The number of phenols is 1. The molecular formula is C9H9N3O3. The van der Waals surface area contributed by atoms with Gasteiger partial charge in [0.25, 0.3) is 0 Å². The molecule has 0 heterocycles. The topological polar surface area (TPSA) is 95.3 Å². The molecule has 0 spiro atoms. The maximum absolute atomic E-state index is 11.4. The number of carbonyl (C=O) groups is 1. The van der Waals surface area contributed by atoms with Crippen molar-refractivity contribution in [3.63, 3.8) is 0 Å². The Morgan fingerprint density at radius 2 is 2.40 bits per heavy atom. The summed E-state index contributed by atoms with van der Waals surface area (Å²) in [6.07, 6.45) is 0. The Labute approximate surface area is 85.7 Å². The summed E-state index contributed by atoms with van der Waals surface area (Å²) in [7, 11) is 1.45. The minimum Gasteiger partial charge on any atom is -0.507 e. The van der Waals surface area contributed by atoms with E-state index in [9.17, 15) is 9.90 Å². The third-order valence-electron chi connectivity index (χ3n) is 1.78. The summed E-state index contributed by atoms with van der Waals surface area (Å²) in [5.74, 6) is -0.173. The zero-order valence-corrected chi connectivity index (χ0v) is 8.04. The van der Waals surface area contributed by atoms with Crippen LogP contribution in [0.3, 0.4) is 0 Å². The van der Waals surface area contributed by atoms with E-state index in [1.54, 1.807) is 6.07 Å². The lowest BCUT2D eigenvalue weighted by molar-refractivity contribution is 0.0999. The fraction of sp³-hybridized carbons (Fsp3) is 0.222. The van der Waals surface area contributed by atoms with Gasteiger partial charge in [-0.15, -0.1) is 0 Å². The Morgan fingerprint density at radius 3 is 2.93 bits per heavy atom. The molecule has 0 aliphatic heterocycles. The molecule has 1 aromatic rings. The average molecular weight is 207 g/mol. The number of ketones is 1. The van der Waals surface area contributed by atoms with Crippen LogP contribution in [0.4, 0.5) is 0 Å². The smallest absolute Gasteiger partial charge is 0.172 e. The number of phenolic OH excluding ortho intramolecular Hbond substituents is 1. The minimum absolute atomic E-state index is 0.114. The largest absolute Gasteiger partial charge is 0.507 e. The Hall–Kier alpha value is -2.20. The number of hydrogen-bond donors (Lipinski definition) is 1. The maximum Gasteiger partial charge on any atom is 0.172 e. The third-order valence-corrected chi connectivity index (χ3v) is 1.78. The molecule has 15 heavy (non-hydrogen) atoms. The van der Waals surface area contributed by atoms with Crippen molar-refractivity contribution in [2.24, 2.45) is 5.11 Å². The van der Waals surface area contributed by atoms with Gasteiger partial charge in [0.05, 0.1) is 19.2 Å². The van der Waals surface area contributed by atoms with E-state index in [0.717, 1.165) is 0 Å². The summed E-state index contributed by atoms with van der Waals surface area (Å²) < 4.78 is 4.86. The highest BCUT2D eigenvalue weighted by Gasteiger charge is 2.10. The molecule has 0 bridgehead atoms. The number of rotatable bonds is 4. The van der Waals surface area contributed by atoms with Crippen molar-refractivity contribution in [3.05, 3.63) is 34.2 Å². The van der Waals surface area contributed by atoms with Gasteiger partial charge >= 0.3 is 0 Å². The van der Waals surface area contributed by atoms with Gasteiger partial charge in [0.1, 0.15) is 11.5 Å². The van der Waals surface area contributed by atoms with Gasteiger partial charge in [-0.1, -0.05) is 5.11 Å². The molecule has 6 heteroatoms. The van der Waals surface area contributed by atoms with E-state index in [1.807, 2.05) is 0 Å². The van der Waals surface area contributed by atoms with Gasteiger partial charge in [-0.2, -0.15) is 0 Å². The average Bonchev–Trinajstić information content (AvgIpc) is 2.25. The van der Waals surface area contributed by atoms with Crippen molar-refractivity contribution in [1.82, 2.24) is 0 Å². The summed E-state index contributed by atoms with van der Waals surface area (Å²) in [4.78, 5) is 13.8. The highest BCUT2D eigenvalue weighted by molar-refractivity contribution is 6.00. The quantitative estimate of drug-likeness (QED) is 0.353. The molecule has 1 aromatic carbocycles. The highest BCUT2D eigenvalue weighted by Crippen LogP contribution is 2.23. The van der Waals surface area contributed by atoms with E-state index in [0.29, 0.717) is 5.75 Å². The van der Waals surface area contributed by atoms with Crippen LogP contribution >= 0.6 is 0 Å². The lowest BCUT2D eigenvalue weighted by atomic mass is 10.1. The number of azide groups is 1. The fourth-order valence-corrected chi connectivity index (χ4v) is 1.06. The van der Waals surface area contributed by atoms with E-state index in [2.05, 4.69) is 10.0 Å². The first kappa shape index (κ1) is 10.9. The minimum atomic E-state index is -0.437. The molecular weight excluding hydrogens is 198 g/mol. The van der Waals surface area contributed by atoms with E-state index >= 15 is 0 Å². The van der Waals surface area contributed by atoms with E-state index < -0.39 is 5.78 Å². The lowest BCUT2D eigenvalue weighted by Crippen LogP contribution is -2.02.